The van der Waals surface area contributed by atoms with Crippen molar-refractivity contribution in [3.63, 3.8) is 0 Å². The van der Waals surface area contributed by atoms with E-state index >= 15 is 0 Å². The van der Waals surface area contributed by atoms with Crippen molar-refractivity contribution >= 4 is 10.7 Å². The van der Waals surface area contributed by atoms with Crippen LogP contribution in [0.5, 0.6) is 5.75 Å². The summed E-state index contributed by atoms with van der Waals surface area (Å²) in [6, 6.07) is 20.8. The normalized spacial score (nSPS) is 29.0. The molecular formula is C25H19N3O5S. The number of aliphatic hydroxyl groups is 2. The van der Waals surface area contributed by atoms with Crippen molar-refractivity contribution in [1.82, 2.24) is 4.98 Å². The van der Waals surface area contributed by atoms with E-state index in [4.69, 9.17) is 4.74 Å². The number of pyridine rings is 1. The van der Waals surface area contributed by atoms with Crippen LogP contribution < -0.4 is 4.74 Å². The molecule has 1 aromatic heterocycles. The average molecular weight is 474 g/mol. The third kappa shape index (κ3) is 2.88. The van der Waals surface area contributed by atoms with Gasteiger partial charge < -0.3 is 14.9 Å². The molecule has 1 fully saturated rings. The van der Waals surface area contributed by atoms with Crippen molar-refractivity contribution in [2.24, 2.45) is 5.92 Å². The van der Waals surface area contributed by atoms with E-state index in [-0.39, 0.29) is 22.8 Å². The maximum Gasteiger partial charge on any atom is 0.181 e. The fourth-order valence-corrected chi connectivity index (χ4v) is 6.28. The molecule has 2 N–H and O–H groups in total. The number of nitriles is 2. The summed E-state index contributed by atoms with van der Waals surface area (Å²) >= 11 is 0. The molecule has 5 rings (SSSR count). The molecule has 34 heavy (non-hydrogen) atoms. The molecule has 8 nitrogen and oxygen atoms in total. The summed E-state index contributed by atoms with van der Waals surface area (Å²) < 4.78 is 30.2. The molecule has 1 saturated carbocycles. The minimum atomic E-state index is -2.90. The molecule has 2 aromatic carbocycles. The van der Waals surface area contributed by atoms with E-state index < -0.39 is 39.8 Å². The van der Waals surface area contributed by atoms with Gasteiger partial charge >= 0.3 is 0 Å². The Kier molecular flexibility index (Phi) is 5.14. The number of nitrogens with zero attached hydrogens (tertiary/aromatic N) is 3. The van der Waals surface area contributed by atoms with E-state index in [1.807, 2.05) is 18.2 Å². The minimum Gasteiger partial charge on any atom is -0.476 e. The van der Waals surface area contributed by atoms with E-state index in [0.29, 0.717) is 16.7 Å². The molecule has 0 bridgehead atoms. The molecule has 3 aromatic rings. The number of fused-ring (bicyclic) bond motifs is 3. The van der Waals surface area contributed by atoms with Crippen molar-refractivity contribution in [3.05, 3.63) is 94.8 Å². The van der Waals surface area contributed by atoms with Gasteiger partial charge in [0.1, 0.15) is 28.2 Å². The number of ether oxygens (including phenoxy) is 1. The van der Waals surface area contributed by atoms with Crippen LogP contribution in [0.3, 0.4) is 0 Å². The van der Waals surface area contributed by atoms with Crippen LogP contribution in [0.25, 0.3) is 0 Å². The molecule has 9 heteroatoms. The van der Waals surface area contributed by atoms with Crippen LogP contribution >= 0.6 is 0 Å². The summed E-state index contributed by atoms with van der Waals surface area (Å²) in [5, 5.41) is 42.4. The molecule has 170 valence electrons. The number of thiol groups is 1. The zero-order valence-electron chi connectivity index (χ0n) is 17.7. The SMILES string of the molecule is N#Cc1ccc([C@@]23Oc4cc(C#N)cnc4[C@]2(O)[C@@H](O)[C@H](C[SH](=O)=O)[C@H]3c2ccccc2)cc1. The molecule has 5 atom stereocenters. The molecule has 0 spiro atoms. The maximum atomic E-state index is 12.3. The van der Waals surface area contributed by atoms with Crippen molar-refractivity contribution < 1.29 is 23.4 Å². The van der Waals surface area contributed by atoms with Crippen molar-refractivity contribution in [2.45, 2.75) is 23.2 Å². The number of rotatable bonds is 4. The highest BCUT2D eigenvalue weighted by Gasteiger charge is 2.76. The molecule has 0 unspecified atom stereocenters. The first-order valence-electron chi connectivity index (χ1n) is 10.5. The van der Waals surface area contributed by atoms with Crippen LogP contribution in [0.1, 0.15) is 33.9 Å². The van der Waals surface area contributed by atoms with Gasteiger partial charge in [-0.15, -0.1) is 0 Å². The summed E-state index contributed by atoms with van der Waals surface area (Å²) in [5.74, 6) is -1.97. The van der Waals surface area contributed by atoms with Crippen molar-refractivity contribution in [1.29, 1.82) is 10.5 Å². The minimum absolute atomic E-state index is 0.0351. The zero-order valence-corrected chi connectivity index (χ0v) is 18.6. The summed E-state index contributed by atoms with van der Waals surface area (Å²) in [6.45, 7) is 0. The van der Waals surface area contributed by atoms with Gasteiger partial charge in [-0.25, -0.2) is 8.42 Å². The van der Waals surface area contributed by atoms with Crippen molar-refractivity contribution in [2.75, 3.05) is 5.75 Å². The van der Waals surface area contributed by atoms with Gasteiger partial charge in [0, 0.05) is 24.1 Å². The summed E-state index contributed by atoms with van der Waals surface area (Å²) in [4.78, 5) is 4.28. The van der Waals surface area contributed by atoms with Crippen LogP contribution in [0.4, 0.5) is 0 Å². The fraction of sp³-hybridized carbons (Fsp3) is 0.240. The first kappa shape index (κ1) is 22.1. The lowest BCUT2D eigenvalue weighted by Gasteiger charge is -2.40. The van der Waals surface area contributed by atoms with Gasteiger partial charge in [-0.05, 0) is 23.3 Å². The van der Waals surface area contributed by atoms with E-state index in [9.17, 15) is 29.2 Å². The molecule has 0 saturated heterocycles. The molecule has 1 aliphatic carbocycles. The monoisotopic (exact) mass is 473 g/mol. The molecule has 2 heterocycles. The fourth-order valence-electron chi connectivity index (χ4n) is 5.52. The highest BCUT2D eigenvalue weighted by molar-refractivity contribution is 7.72. The Morgan fingerprint density at radius 3 is 2.32 bits per heavy atom. The molecule has 0 amide bonds. The standard InChI is InChI=1S/C25H19N3O5S/c26-11-15-6-8-18(9-7-15)25-21(17-4-2-1-3-5-17)19(14-34(31)32)23(29)24(25,30)22-20(33-25)10-16(12-27)13-28-22/h1-10,13,19,21,23,29-30,34H,14H2/t19-,21-,23+,24+,25+/m1/s1. The Bertz CT molecular complexity index is 1420. The summed E-state index contributed by atoms with van der Waals surface area (Å²) in [6.07, 6.45) is -0.274. The zero-order chi connectivity index (χ0) is 24.1. The first-order valence-corrected chi connectivity index (χ1v) is 11.9. The third-order valence-corrected chi connectivity index (χ3v) is 7.56. The Labute approximate surface area is 197 Å². The Morgan fingerprint density at radius 2 is 1.71 bits per heavy atom. The quantitative estimate of drug-likeness (QED) is 0.486. The predicted octanol–water partition coefficient (Wildman–Crippen LogP) is 1.69. The van der Waals surface area contributed by atoms with Crippen LogP contribution in [0, 0.1) is 28.6 Å². The lowest BCUT2D eigenvalue weighted by Crippen LogP contribution is -2.52. The molecular weight excluding hydrogens is 454 g/mol. The lowest BCUT2D eigenvalue weighted by molar-refractivity contribution is -0.152. The predicted molar refractivity (Wildman–Crippen MR) is 120 cm³/mol. The van der Waals surface area contributed by atoms with Gasteiger partial charge in [0.05, 0.1) is 29.1 Å². The van der Waals surface area contributed by atoms with Crippen molar-refractivity contribution in [3.8, 4) is 17.9 Å². The van der Waals surface area contributed by atoms with Gasteiger partial charge in [0.25, 0.3) is 0 Å². The van der Waals surface area contributed by atoms with Gasteiger partial charge in [0.15, 0.2) is 11.2 Å². The van der Waals surface area contributed by atoms with Gasteiger partial charge in [0.2, 0.25) is 0 Å². The topological polar surface area (TPSA) is 144 Å². The highest BCUT2D eigenvalue weighted by atomic mass is 32.2. The highest BCUT2D eigenvalue weighted by Crippen LogP contribution is 2.67. The van der Waals surface area contributed by atoms with Crippen LogP contribution in [-0.4, -0.2) is 35.5 Å². The van der Waals surface area contributed by atoms with Gasteiger partial charge in [-0.1, -0.05) is 42.5 Å². The number of aliphatic hydroxyl groups excluding tert-OH is 1. The molecule has 0 radical (unpaired) electrons. The summed E-state index contributed by atoms with van der Waals surface area (Å²) in [5.41, 5.74) is -2.05. The van der Waals surface area contributed by atoms with Gasteiger partial charge in [-0.3, -0.25) is 4.98 Å². The lowest BCUT2D eigenvalue weighted by atomic mass is 9.71. The largest absolute Gasteiger partial charge is 0.476 e. The van der Waals surface area contributed by atoms with Gasteiger partial charge in [-0.2, -0.15) is 10.5 Å². The van der Waals surface area contributed by atoms with E-state index in [1.54, 1.807) is 48.5 Å². The average Bonchev–Trinajstić information content (AvgIpc) is 3.22. The second-order valence-electron chi connectivity index (χ2n) is 8.49. The van der Waals surface area contributed by atoms with Crippen LogP contribution in [0.15, 0.2) is 66.9 Å². The molecule has 1 aliphatic heterocycles. The van der Waals surface area contributed by atoms with Crippen LogP contribution in [-0.2, 0) is 21.9 Å². The first-order chi connectivity index (χ1) is 16.4. The number of aromatic nitrogens is 1. The van der Waals surface area contributed by atoms with Crippen LogP contribution in [0.2, 0.25) is 0 Å². The Morgan fingerprint density at radius 1 is 1.03 bits per heavy atom. The number of hydrogen-bond donors (Lipinski definition) is 3. The van der Waals surface area contributed by atoms with E-state index in [1.165, 1.54) is 12.3 Å². The Hall–Kier alpha value is -3.76. The smallest absolute Gasteiger partial charge is 0.181 e. The maximum absolute atomic E-state index is 12.3. The summed E-state index contributed by atoms with van der Waals surface area (Å²) in [7, 11) is -2.90. The number of hydrogen-bond acceptors (Lipinski definition) is 8. The second kappa shape index (κ2) is 7.93. The van der Waals surface area contributed by atoms with E-state index in [0.717, 1.165) is 0 Å². The second-order valence-corrected chi connectivity index (χ2v) is 9.52. The number of benzene rings is 2. The molecule has 2 aliphatic rings. The Balaban J connectivity index is 1.85. The van der Waals surface area contributed by atoms with E-state index in [2.05, 4.69) is 4.98 Å². The third-order valence-electron chi connectivity index (χ3n) is 6.84.